The first-order valence-electron chi connectivity index (χ1n) is 13.3. The van der Waals surface area contributed by atoms with Gasteiger partial charge < -0.3 is 19.3 Å². The summed E-state index contributed by atoms with van der Waals surface area (Å²) in [6, 6.07) is 9.13. The molecule has 10 heteroatoms. The number of urea groups is 1. The second-order valence-corrected chi connectivity index (χ2v) is 17.7. The lowest BCUT2D eigenvalue weighted by Gasteiger charge is -2.52. The third-order valence-corrected chi connectivity index (χ3v) is 10.1. The number of piperidine rings is 1. The van der Waals surface area contributed by atoms with E-state index in [0.29, 0.717) is 32.3 Å². The van der Waals surface area contributed by atoms with Gasteiger partial charge in [-0.15, -0.1) is 0 Å². The van der Waals surface area contributed by atoms with Crippen LogP contribution in [0.25, 0.3) is 10.9 Å². The second-order valence-electron chi connectivity index (χ2n) is 12.1. The molecular weight excluding hydrogens is 488 g/mol. The van der Waals surface area contributed by atoms with Crippen molar-refractivity contribution in [3.63, 3.8) is 0 Å². The molecule has 3 heterocycles. The van der Waals surface area contributed by atoms with Crippen molar-refractivity contribution in [1.29, 1.82) is 0 Å². The van der Waals surface area contributed by atoms with E-state index in [2.05, 4.69) is 42.5 Å². The number of anilines is 1. The number of benzene rings is 1. The van der Waals surface area contributed by atoms with Crippen LogP contribution in [0.15, 0.2) is 30.5 Å². The molecule has 5 rings (SSSR count). The molecule has 2 aliphatic heterocycles. The molecule has 0 radical (unpaired) electrons. The number of hydrogen-bond acceptors (Lipinski definition) is 4. The summed E-state index contributed by atoms with van der Waals surface area (Å²) >= 11 is 0. The number of likely N-dealkylation sites (tertiary alicyclic amines) is 1. The number of hydrogen-bond donors (Lipinski definition) is 1. The fourth-order valence-electron chi connectivity index (χ4n) is 6.02. The summed E-state index contributed by atoms with van der Waals surface area (Å²) in [5.41, 5.74) is 2.15. The molecular formula is C27H38N4O5Si. The Morgan fingerprint density at radius 1 is 1.11 bits per heavy atom. The Balaban J connectivity index is 1.27. The van der Waals surface area contributed by atoms with E-state index in [-0.39, 0.29) is 30.5 Å². The maximum Gasteiger partial charge on any atom is 0.407 e. The Kier molecular flexibility index (Phi) is 6.82. The summed E-state index contributed by atoms with van der Waals surface area (Å²) in [6.07, 6.45) is 5.51. The number of aromatic nitrogens is 1. The molecule has 1 aromatic heterocycles. The Hall–Kier alpha value is -2.85. The maximum atomic E-state index is 13.4. The van der Waals surface area contributed by atoms with Gasteiger partial charge in [0.2, 0.25) is 5.91 Å². The van der Waals surface area contributed by atoms with Crippen molar-refractivity contribution in [2.45, 2.75) is 63.8 Å². The molecule has 37 heavy (non-hydrogen) atoms. The van der Waals surface area contributed by atoms with Gasteiger partial charge in [-0.1, -0.05) is 25.7 Å². The van der Waals surface area contributed by atoms with Crippen LogP contribution in [0.4, 0.5) is 15.3 Å². The van der Waals surface area contributed by atoms with Crippen molar-refractivity contribution >= 4 is 42.7 Å². The lowest BCUT2D eigenvalue weighted by Crippen LogP contribution is -2.53. The zero-order valence-electron chi connectivity index (χ0n) is 22.1. The number of ether oxygens (including phenoxy) is 1. The summed E-state index contributed by atoms with van der Waals surface area (Å²) in [4.78, 5) is 41.6. The molecule has 3 aliphatic rings. The minimum absolute atomic E-state index is 0.000894. The Labute approximate surface area is 219 Å². The van der Waals surface area contributed by atoms with Crippen LogP contribution in [0.1, 0.15) is 38.1 Å². The molecule has 1 spiro atoms. The average Bonchev–Trinajstić information content (AvgIpc) is 3.25. The fourth-order valence-corrected chi connectivity index (χ4v) is 6.78. The van der Waals surface area contributed by atoms with Gasteiger partial charge in [-0.05, 0) is 55.3 Å². The predicted octanol–water partition coefficient (Wildman–Crippen LogP) is 5.21. The molecule has 1 N–H and O–H groups in total. The first-order chi connectivity index (χ1) is 17.6. The first kappa shape index (κ1) is 25.8. The summed E-state index contributed by atoms with van der Waals surface area (Å²) in [7, 11) is -1.25. The van der Waals surface area contributed by atoms with E-state index in [0.717, 1.165) is 48.3 Å². The molecule has 1 saturated carbocycles. The van der Waals surface area contributed by atoms with Crippen molar-refractivity contribution in [1.82, 2.24) is 14.4 Å². The fraction of sp³-hybridized carbons (Fsp3) is 0.593. The van der Waals surface area contributed by atoms with Crippen LogP contribution in [0, 0.1) is 5.41 Å². The van der Waals surface area contributed by atoms with Crippen molar-refractivity contribution in [3.05, 3.63) is 30.5 Å². The molecule has 200 valence electrons. The van der Waals surface area contributed by atoms with Gasteiger partial charge >= 0.3 is 12.1 Å². The standard InChI is InChI=1S/C27H38N4O5Si/c1-37(2,3)16-15-36-19-31-24(32)8-12-30(25(31)33)23-6-4-5-22-21(23)7-11-29(22)20-17-27(18-20)9-13-28(14-10-27)26(34)35/h4-7,11,20H,8-10,12-19H2,1-3H3,(H,34,35). The van der Waals surface area contributed by atoms with Gasteiger partial charge in [0, 0.05) is 58.4 Å². The van der Waals surface area contributed by atoms with E-state index >= 15 is 0 Å². The summed E-state index contributed by atoms with van der Waals surface area (Å²) in [5.74, 6) is -0.187. The molecule has 4 amide bonds. The van der Waals surface area contributed by atoms with Crippen LogP contribution in [0.5, 0.6) is 0 Å². The average molecular weight is 527 g/mol. The summed E-state index contributed by atoms with van der Waals surface area (Å²) in [6.45, 7) is 8.97. The van der Waals surface area contributed by atoms with Crippen LogP contribution >= 0.6 is 0 Å². The highest BCUT2D eigenvalue weighted by atomic mass is 28.3. The van der Waals surface area contributed by atoms with E-state index in [4.69, 9.17) is 4.74 Å². The van der Waals surface area contributed by atoms with Crippen molar-refractivity contribution < 1.29 is 24.2 Å². The van der Waals surface area contributed by atoms with E-state index in [1.807, 2.05) is 12.1 Å². The zero-order valence-corrected chi connectivity index (χ0v) is 23.1. The lowest BCUT2D eigenvalue weighted by atomic mass is 9.60. The Bertz CT molecular complexity index is 1190. The van der Waals surface area contributed by atoms with Crippen molar-refractivity contribution in [2.24, 2.45) is 5.41 Å². The van der Waals surface area contributed by atoms with E-state index < -0.39 is 14.2 Å². The third kappa shape index (κ3) is 5.13. The van der Waals surface area contributed by atoms with Crippen molar-refractivity contribution in [2.75, 3.05) is 37.9 Å². The highest BCUT2D eigenvalue weighted by Gasteiger charge is 2.47. The van der Waals surface area contributed by atoms with Gasteiger partial charge in [0.15, 0.2) is 0 Å². The van der Waals surface area contributed by atoms with Crippen LogP contribution < -0.4 is 4.90 Å². The van der Waals surface area contributed by atoms with Gasteiger partial charge in [-0.25, -0.2) is 14.5 Å². The lowest BCUT2D eigenvalue weighted by molar-refractivity contribution is -0.133. The number of fused-ring (bicyclic) bond motifs is 1. The summed E-state index contributed by atoms with van der Waals surface area (Å²) in [5, 5.41) is 10.3. The number of rotatable bonds is 7. The molecule has 3 fully saturated rings. The number of amides is 4. The quantitative estimate of drug-likeness (QED) is 0.395. The number of imide groups is 1. The number of carbonyl (C=O) groups excluding carboxylic acids is 2. The first-order valence-corrected chi connectivity index (χ1v) is 17.0. The van der Waals surface area contributed by atoms with Gasteiger partial charge in [-0.2, -0.15) is 0 Å². The van der Waals surface area contributed by atoms with Crippen LogP contribution in [-0.2, 0) is 9.53 Å². The normalized spacial score (nSPS) is 20.7. The molecule has 1 aliphatic carbocycles. The monoisotopic (exact) mass is 526 g/mol. The number of carbonyl (C=O) groups is 3. The molecule has 0 bridgehead atoms. The Morgan fingerprint density at radius 2 is 1.84 bits per heavy atom. The minimum atomic E-state index is -1.25. The van der Waals surface area contributed by atoms with Gasteiger partial charge in [-0.3, -0.25) is 9.69 Å². The summed E-state index contributed by atoms with van der Waals surface area (Å²) < 4.78 is 8.06. The third-order valence-electron chi connectivity index (χ3n) is 8.39. The highest BCUT2D eigenvalue weighted by Crippen LogP contribution is 2.55. The van der Waals surface area contributed by atoms with Gasteiger partial charge in [0.25, 0.3) is 0 Å². The molecule has 2 saturated heterocycles. The smallest absolute Gasteiger partial charge is 0.407 e. The molecule has 9 nitrogen and oxygen atoms in total. The van der Waals surface area contributed by atoms with Gasteiger partial charge in [0.05, 0.1) is 11.2 Å². The van der Waals surface area contributed by atoms with E-state index in [9.17, 15) is 19.5 Å². The zero-order chi connectivity index (χ0) is 26.4. The second kappa shape index (κ2) is 9.79. The Morgan fingerprint density at radius 3 is 2.51 bits per heavy atom. The van der Waals surface area contributed by atoms with Crippen molar-refractivity contribution in [3.8, 4) is 0 Å². The molecule has 1 aromatic carbocycles. The predicted molar refractivity (Wildman–Crippen MR) is 145 cm³/mol. The largest absolute Gasteiger partial charge is 0.465 e. The maximum absolute atomic E-state index is 13.4. The number of carboxylic acid groups (broad SMARTS) is 1. The molecule has 2 aromatic rings. The minimum Gasteiger partial charge on any atom is -0.465 e. The highest BCUT2D eigenvalue weighted by molar-refractivity contribution is 6.76. The van der Waals surface area contributed by atoms with Crippen LogP contribution in [-0.4, -0.2) is 78.6 Å². The number of nitrogens with zero attached hydrogens (tertiary/aromatic N) is 4. The van der Waals surface area contributed by atoms with Gasteiger partial charge in [0.1, 0.15) is 6.73 Å². The molecule has 0 atom stereocenters. The van der Waals surface area contributed by atoms with E-state index in [1.165, 1.54) is 9.80 Å². The van der Waals surface area contributed by atoms with Crippen LogP contribution in [0.2, 0.25) is 25.7 Å². The van der Waals surface area contributed by atoms with Crippen LogP contribution in [0.3, 0.4) is 0 Å². The SMILES string of the molecule is C[Si](C)(C)CCOCN1C(=O)CCN(c2cccc3c2ccn3C2CC3(CCN(C(=O)O)CC3)C2)C1=O. The molecule has 0 unspecified atom stereocenters. The topological polar surface area (TPSA) is 95.3 Å². The van der Waals surface area contributed by atoms with E-state index in [1.54, 1.807) is 4.90 Å².